The van der Waals surface area contributed by atoms with Gasteiger partial charge in [0.25, 0.3) is 11.5 Å². The maximum Gasteiger partial charge on any atom is 0.292 e. The monoisotopic (exact) mass is 420 g/mol. The van der Waals surface area contributed by atoms with Crippen molar-refractivity contribution in [3.05, 3.63) is 86.0 Å². The van der Waals surface area contributed by atoms with Crippen LogP contribution in [0.1, 0.15) is 15.9 Å². The second kappa shape index (κ2) is 8.00. The summed E-state index contributed by atoms with van der Waals surface area (Å²) in [6.07, 6.45) is 1.32. The van der Waals surface area contributed by atoms with Crippen LogP contribution in [0.25, 0.3) is 5.69 Å². The molecular formula is C19H15Cl2FN4O2. The highest BCUT2D eigenvalue weighted by Crippen LogP contribution is 2.21. The number of benzene rings is 2. The van der Waals surface area contributed by atoms with E-state index >= 15 is 0 Å². The van der Waals surface area contributed by atoms with E-state index in [9.17, 15) is 14.0 Å². The van der Waals surface area contributed by atoms with E-state index < -0.39 is 11.4 Å². The first-order valence-corrected chi connectivity index (χ1v) is 8.88. The van der Waals surface area contributed by atoms with Gasteiger partial charge >= 0.3 is 0 Å². The van der Waals surface area contributed by atoms with Gasteiger partial charge in [-0.2, -0.15) is 9.78 Å². The smallest absolute Gasteiger partial charge is 0.285 e. The summed E-state index contributed by atoms with van der Waals surface area (Å²) in [7, 11) is 1.54. The number of nitrogens with zero attached hydrogens (tertiary/aromatic N) is 3. The highest BCUT2D eigenvalue weighted by atomic mass is 35.5. The van der Waals surface area contributed by atoms with Gasteiger partial charge in [0.2, 0.25) is 0 Å². The molecule has 28 heavy (non-hydrogen) atoms. The molecule has 1 heterocycles. The molecule has 6 nitrogen and oxygen atoms in total. The summed E-state index contributed by atoms with van der Waals surface area (Å²) in [5, 5.41) is 5.04. The summed E-state index contributed by atoms with van der Waals surface area (Å²) >= 11 is 11.9. The molecule has 1 aromatic heterocycles. The van der Waals surface area contributed by atoms with Gasteiger partial charge < -0.3 is 0 Å². The molecule has 0 aliphatic heterocycles. The Kier molecular flexibility index (Phi) is 5.67. The van der Waals surface area contributed by atoms with Gasteiger partial charge in [0, 0.05) is 12.6 Å². The number of carbonyl (C=O) groups excluding carboxylic acids is 1. The van der Waals surface area contributed by atoms with Gasteiger partial charge in [-0.3, -0.25) is 20.0 Å². The topological polar surface area (TPSA) is 67.2 Å². The molecule has 0 fully saturated rings. The van der Waals surface area contributed by atoms with E-state index in [2.05, 4.69) is 10.5 Å². The minimum Gasteiger partial charge on any atom is -0.285 e. The van der Waals surface area contributed by atoms with E-state index in [0.29, 0.717) is 5.56 Å². The van der Waals surface area contributed by atoms with Gasteiger partial charge in [-0.25, -0.2) is 4.39 Å². The largest absolute Gasteiger partial charge is 0.292 e. The molecular weight excluding hydrogens is 406 g/mol. The molecule has 0 aliphatic rings. The Labute approximate surface area is 170 Å². The van der Waals surface area contributed by atoms with Crippen LogP contribution in [-0.4, -0.2) is 22.7 Å². The zero-order chi connectivity index (χ0) is 20.4. The lowest BCUT2D eigenvalue weighted by Crippen LogP contribution is -2.40. The number of rotatable bonds is 4. The average molecular weight is 421 g/mol. The van der Waals surface area contributed by atoms with Gasteiger partial charge in [-0.1, -0.05) is 40.9 Å². The second-order valence-electron chi connectivity index (χ2n) is 6.03. The maximum atomic E-state index is 13.3. The Hall–Kier alpha value is -2.90. The predicted octanol–water partition coefficient (Wildman–Crippen LogP) is 3.77. The van der Waals surface area contributed by atoms with Crippen molar-refractivity contribution in [3.63, 3.8) is 0 Å². The van der Waals surface area contributed by atoms with Crippen molar-refractivity contribution >= 4 is 34.8 Å². The maximum absolute atomic E-state index is 13.3. The van der Waals surface area contributed by atoms with E-state index in [1.807, 2.05) is 19.1 Å². The van der Waals surface area contributed by atoms with E-state index in [0.717, 1.165) is 16.3 Å². The van der Waals surface area contributed by atoms with Gasteiger partial charge in [-0.05, 0) is 37.3 Å². The Morgan fingerprint density at radius 2 is 1.86 bits per heavy atom. The third-order valence-electron chi connectivity index (χ3n) is 3.99. The first-order valence-electron chi connectivity index (χ1n) is 8.12. The summed E-state index contributed by atoms with van der Waals surface area (Å²) in [4.78, 5) is 24.9. The second-order valence-corrected chi connectivity index (χ2v) is 6.81. The summed E-state index contributed by atoms with van der Waals surface area (Å²) < 4.78 is 14.3. The van der Waals surface area contributed by atoms with Crippen molar-refractivity contribution in [2.45, 2.75) is 6.92 Å². The first kappa shape index (κ1) is 19.9. The Bertz CT molecular complexity index is 1100. The summed E-state index contributed by atoms with van der Waals surface area (Å²) in [5.41, 5.74) is 3.94. The molecule has 0 atom stereocenters. The van der Waals surface area contributed by atoms with Crippen molar-refractivity contribution < 1.29 is 9.18 Å². The predicted molar refractivity (Wildman–Crippen MR) is 107 cm³/mol. The summed E-state index contributed by atoms with van der Waals surface area (Å²) in [5.74, 6) is -0.979. The SMILES string of the molecule is Cc1ccc(C(=O)NN(C)c2cnn(-c3ccc(F)c(Cl)c3)c(=O)c2Cl)cc1. The number of carbonyl (C=O) groups is 1. The van der Waals surface area contributed by atoms with E-state index in [-0.39, 0.29) is 27.3 Å². The van der Waals surface area contributed by atoms with E-state index in [1.54, 1.807) is 12.1 Å². The molecule has 0 unspecified atom stereocenters. The van der Waals surface area contributed by atoms with Gasteiger partial charge in [0.15, 0.2) is 0 Å². The van der Waals surface area contributed by atoms with Crippen LogP contribution in [0, 0.1) is 12.7 Å². The minimum absolute atomic E-state index is 0.145. The summed E-state index contributed by atoms with van der Waals surface area (Å²) in [6, 6.07) is 10.8. The number of hydrazine groups is 1. The van der Waals surface area contributed by atoms with Crippen LogP contribution in [0.2, 0.25) is 10.0 Å². The molecule has 1 N–H and O–H groups in total. The van der Waals surface area contributed by atoms with Crippen LogP contribution in [0.4, 0.5) is 10.1 Å². The highest BCUT2D eigenvalue weighted by molar-refractivity contribution is 6.33. The standard InChI is InChI=1S/C19H15Cl2FN4O2/c1-11-3-5-12(6-4-11)18(27)24-25(2)16-10-23-26(19(28)17(16)21)13-7-8-15(22)14(20)9-13/h3-10H,1-2H3,(H,24,27). The van der Waals surface area contributed by atoms with Crippen LogP contribution in [0.15, 0.2) is 53.5 Å². The van der Waals surface area contributed by atoms with Crippen molar-refractivity contribution in [2.75, 3.05) is 12.1 Å². The van der Waals surface area contributed by atoms with Crippen molar-refractivity contribution in [1.29, 1.82) is 0 Å². The average Bonchev–Trinajstić information content (AvgIpc) is 2.66. The van der Waals surface area contributed by atoms with Gasteiger partial charge in [0.1, 0.15) is 16.5 Å². The van der Waals surface area contributed by atoms with Crippen LogP contribution in [-0.2, 0) is 0 Å². The first-order chi connectivity index (χ1) is 13.3. The molecule has 0 saturated carbocycles. The third kappa shape index (κ3) is 4.00. The van der Waals surface area contributed by atoms with Crippen LogP contribution >= 0.6 is 23.2 Å². The molecule has 2 aromatic carbocycles. The number of hydrogen-bond acceptors (Lipinski definition) is 4. The number of anilines is 1. The zero-order valence-electron chi connectivity index (χ0n) is 14.9. The molecule has 9 heteroatoms. The Morgan fingerprint density at radius 1 is 1.18 bits per heavy atom. The van der Waals surface area contributed by atoms with Crippen LogP contribution in [0.5, 0.6) is 0 Å². The molecule has 144 valence electrons. The molecule has 0 aliphatic carbocycles. The number of aromatic nitrogens is 2. The molecule has 0 saturated heterocycles. The number of hydrogen-bond donors (Lipinski definition) is 1. The fraction of sp³-hybridized carbons (Fsp3) is 0.105. The number of nitrogens with one attached hydrogen (secondary N) is 1. The van der Waals surface area contributed by atoms with Crippen LogP contribution in [0.3, 0.4) is 0 Å². The molecule has 1 amide bonds. The van der Waals surface area contributed by atoms with Gasteiger partial charge in [-0.15, -0.1) is 0 Å². The molecule has 3 rings (SSSR count). The Morgan fingerprint density at radius 3 is 2.50 bits per heavy atom. The molecule has 0 radical (unpaired) electrons. The summed E-state index contributed by atoms with van der Waals surface area (Å²) in [6.45, 7) is 1.92. The lowest BCUT2D eigenvalue weighted by atomic mass is 10.1. The van der Waals surface area contributed by atoms with Crippen molar-refractivity contribution in [1.82, 2.24) is 15.2 Å². The molecule has 0 spiro atoms. The van der Waals surface area contributed by atoms with Crippen molar-refractivity contribution in [3.8, 4) is 5.69 Å². The molecule has 0 bridgehead atoms. The normalized spacial score (nSPS) is 10.6. The highest BCUT2D eigenvalue weighted by Gasteiger charge is 2.17. The van der Waals surface area contributed by atoms with E-state index in [1.165, 1.54) is 30.4 Å². The minimum atomic E-state index is -0.640. The van der Waals surface area contributed by atoms with Gasteiger partial charge in [0.05, 0.1) is 16.9 Å². The quantitative estimate of drug-likeness (QED) is 0.652. The lowest BCUT2D eigenvalue weighted by Gasteiger charge is -2.21. The fourth-order valence-corrected chi connectivity index (χ4v) is 2.87. The molecule has 3 aromatic rings. The number of amides is 1. The van der Waals surface area contributed by atoms with Crippen molar-refractivity contribution in [2.24, 2.45) is 0 Å². The Balaban J connectivity index is 1.87. The lowest BCUT2D eigenvalue weighted by molar-refractivity contribution is 0.0951. The number of halogens is 3. The third-order valence-corrected chi connectivity index (χ3v) is 4.64. The number of aryl methyl sites for hydroxylation is 1. The van der Waals surface area contributed by atoms with E-state index in [4.69, 9.17) is 23.2 Å². The fourth-order valence-electron chi connectivity index (χ4n) is 2.44. The van der Waals surface area contributed by atoms with Crippen LogP contribution < -0.4 is 16.0 Å². The zero-order valence-corrected chi connectivity index (χ0v) is 16.4.